The van der Waals surface area contributed by atoms with Crippen LogP contribution in [0.3, 0.4) is 0 Å². The fourth-order valence-electron chi connectivity index (χ4n) is 4.65. The lowest BCUT2D eigenvalue weighted by atomic mass is 10.1. The van der Waals surface area contributed by atoms with E-state index in [4.69, 9.17) is 19.8 Å². The predicted molar refractivity (Wildman–Crippen MR) is 122 cm³/mol. The Balaban J connectivity index is 1.50. The zero-order valence-electron chi connectivity index (χ0n) is 18.3. The van der Waals surface area contributed by atoms with Crippen molar-refractivity contribution in [1.82, 2.24) is 19.7 Å². The van der Waals surface area contributed by atoms with Crippen LogP contribution < -0.4 is 10.2 Å². The van der Waals surface area contributed by atoms with Crippen LogP contribution in [0.25, 0.3) is 22.4 Å². The van der Waals surface area contributed by atoms with E-state index >= 15 is 0 Å². The Bertz CT molecular complexity index is 1120. The van der Waals surface area contributed by atoms with E-state index in [-0.39, 0.29) is 37.6 Å². The van der Waals surface area contributed by atoms with E-state index in [2.05, 4.69) is 15.3 Å². The summed E-state index contributed by atoms with van der Waals surface area (Å²) in [7, 11) is 0. The highest BCUT2D eigenvalue weighted by molar-refractivity contribution is 5.91. The largest absolute Gasteiger partial charge is 0.396 e. The predicted octanol–water partition coefficient (Wildman–Crippen LogP) is 2.54. The lowest BCUT2D eigenvalue weighted by Crippen LogP contribution is -2.46. The zero-order valence-corrected chi connectivity index (χ0v) is 18.3. The Morgan fingerprint density at radius 2 is 1.94 bits per heavy atom. The molecule has 2 atom stereocenters. The van der Waals surface area contributed by atoms with E-state index in [0.29, 0.717) is 36.8 Å². The minimum absolute atomic E-state index is 0.0155. The van der Waals surface area contributed by atoms with Gasteiger partial charge in [0.2, 0.25) is 5.91 Å². The Morgan fingerprint density at radius 3 is 2.64 bits per heavy atom. The number of ether oxygens (including phenoxy) is 1. The molecule has 9 nitrogen and oxygen atoms in total. The van der Waals surface area contributed by atoms with E-state index in [1.807, 2.05) is 12.1 Å². The highest BCUT2D eigenvalue weighted by atomic mass is 19.1. The molecule has 2 unspecified atom stereocenters. The Kier molecular flexibility index (Phi) is 6.19. The van der Waals surface area contributed by atoms with Crippen molar-refractivity contribution in [3.8, 4) is 11.4 Å². The molecule has 0 radical (unpaired) electrons. The molecule has 2 N–H and O–H groups in total. The van der Waals surface area contributed by atoms with E-state index < -0.39 is 6.67 Å². The number of halogens is 1. The number of carbonyl (C=O) groups excluding carboxylic acids is 1. The van der Waals surface area contributed by atoms with E-state index in [1.54, 1.807) is 23.0 Å². The molecule has 174 valence electrons. The van der Waals surface area contributed by atoms with E-state index in [0.717, 1.165) is 29.6 Å². The van der Waals surface area contributed by atoms with Crippen LogP contribution in [0, 0.1) is 0 Å². The Hall–Kier alpha value is -3.11. The van der Waals surface area contributed by atoms with Gasteiger partial charge in [0.25, 0.3) is 0 Å². The van der Waals surface area contributed by atoms with Gasteiger partial charge in [0.05, 0.1) is 43.4 Å². The average molecular weight is 455 g/mol. The standard InChI is InChI=1S/C23H27FN6O3/c24-9-10-29-22-19(12-25-29)23(30-17-7-8-18(30)14-33-13-17)28-21(27-22)15-3-5-16(6-4-15)26-20(32)2-1-11-31/h3-6,12,17-18,31H,1-2,7-11,13-14H2,(H,26,32). The van der Waals surface area contributed by atoms with E-state index in [9.17, 15) is 9.18 Å². The summed E-state index contributed by atoms with van der Waals surface area (Å²) in [6.07, 6.45) is 4.52. The molecule has 0 aliphatic carbocycles. The first-order valence-electron chi connectivity index (χ1n) is 11.3. The van der Waals surface area contributed by atoms with Crippen LogP contribution in [0.5, 0.6) is 0 Å². The van der Waals surface area contributed by atoms with Gasteiger partial charge < -0.3 is 20.1 Å². The summed E-state index contributed by atoms with van der Waals surface area (Å²) in [5.41, 5.74) is 2.07. The third-order valence-electron chi connectivity index (χ3n) is 6.25. The molecule has 33 heavy (non-hydrogen) atoms. The molecule has 2 fully saturated rings. The van der Waals surface area contributed by atoms with Crippen LogP contribution in [0.15, 0.2) is 30.5 Å². The molecule has 2 aliphatic rings. The first-order valence-corrected chi connectivity index (χ1v) is 11.3. The van der Waals surface area contributed by atoms with Crippen molar-refractivity contribution in [3.05, 3.63) is 30.5 Å². The number of hydrogen-bond acceptors (Lipinski definition) is 7. The van der Waals surface area contributed by atoms with Crippen molar-refractivity contribution in [2.24, 2.45) is 0 Å². The molecule has 2 bridgehead atoms. The molecule has 2 aliphatic heterocycles. The maximum atomic E-state index is 13.1. The van der Waals surface area contributed by atoms with Crippen LogP contribution in [-0.4, -0.2) is 69.3 Å². The van der Waals surface area contributed by atoms with Gasteiger partial charge in [-0.3, -0.25) is 4.79 Å². The highest BCUT2D eigenvalue weighted by Crippen LogP contribution is 2.37. The van der Waals surface area contributed by atoms with Gasteiger partial charge in [0.1, 0.15) is 12.5 Å². The molecule has 10 heteroatoms. The van der Waals surface area contributed by atoms with Crippen molar-refractivity contribution in [1.29, 1.82) is 0 Å². The quantitative estimate of drug-likeness (QED) is 0.539. The molecular formula is C23H27FN6O3. The number of benzene rings is 1. The fourth-order valence-corrected chi connectivity index (χ4v) is 4.65. The summed E-state index contributed by atoms with van der Waals surface area (Å²) in [6.45, 7) is 0.923. The second kappa shape index (κ2) is 9.40. The minimum Gasteiger partial charge on any atom is -0.396 e. The molecule has 1 amide bonds. The summed E-state index contributed by atoms with van der Waals surface area (Å²) < 4.78 is 20.5. The van der Waals surface area contributed by atoms with Gasteiger partial charge in [-0.1, -0.05) is 0 Å². The van der Waals surface area contributed by atoms with Crippen molar-refractivity contribution >= 4 is 28.4 Å². The van der Waals surface area contributed by atoms with Gasteiger partial charge in [-0.25, -0.2) is 19.0 Å². The molecular weight excluding hydrogens is 427 g/mol. The number of carbonyl (C=O) groups is 1. The lowest BCUT2D eigenvalue weighted by Gasteiger charge is -2.36. The summed E-state index contributed by atoms with van der Waals surface area (Å²) in [5.74, 6) is 1.20. The summed E-state index contributed by atoms with van der Waals surface area (Å²) >= 11 is 0. The zero-order chi connectivity index (χ0) is 22.8. The minimum atomic E-state index is -0.529. The summed E-state index contributed by atoms with van der Waals surface area (Å²) in [6, 6.07) is 7.84. The fraction of sp³-hybridized carbons (Fsp3) is 0.478. The molecule has 0 spiro atoms. The third kappa shape index (κ3) is 4.28. The lowest BCUT2D eigenvalue weighted by molar-refractivity contribution is -0.116. The number of anilines is 2. The number of nitrogens with one attached hydrogen (secondary N) is 1. The number of aliphatic hydroxyl groups excluding tert-OH is 1. The van der Waals surface area contributed by atoms with Gasteiger partial charge in [-0.2, -0.15) is 5.10 Å². The third-order valence-corrected chi connectivity index (χ3v) is 6.25. The molecule has 5 rings (SSSR count). The van der Waals surface area contributed by atoms with Crippen molar-refractivity contribution in [2.75, 3.05) is 36.7 Å². The van der Waals surface area contributed by atoms with Crippen LogP contribution in [-0.2, 0) is 16.1 Å². The molecule has 2 saturated heterocycles. The second-order valence-electron chi connectivity index (χ2n) is 8.45. The number of rotatable bonds is 8. The molecule has 2 aromatic heterocycles. The first kappa shape index (κ1) is 21.7. The van der Waals surface area contributed by atoms with Gasteiger partial charge >= 0.3 is 0 Å². The number of alkyl halides is 1. The highest BCUT2D eigenvalue weighted by Gasteiger charge is 2.39. The number of aliphatic hydroxyl groups is 1. The van der Waals surface area contributed by atoms with Crippen LogP contribution in [0.2, 0.25) is 0 Å². The maximum Gasteiger partial charge on any atom is 0.224 e. The smallest absolute Gasteiger partial charge is 0.224 e. The monoisotopic (exact) mass is 454 g/mol. The number of hydrogen-bond donors (Lipinski definition) is 2. The summed E-state index contributed by atoms with van der Waals surface area (Å²) in [5, 5.41) is 16.9. The number of morpholine rings is 1. The molecule has 1 aromatic carbocycles. The maximum absolute atomic E-state index is 13.1. The van der Waals surface area contributed by atoms with Gasteiger partial charge in [-0.05, 0) is 43.5 Å². The van der Waals surface area contributed by atoms with E-state index in [1.165, 1.54) is 0 Å². The number of aromatic nitrogens is 4. The number of aryl methyl sites for hydroxylation is 1. The van der Waals surface area contributed by atoms with Gasteiger partial charge in [0, 0.05) is 24.3 Å². The number of nitrogens with zero attached hydrogens (tertiary/aromatic N) is 5. The van der Waals surface area contributed by atoms with Crippen molar-refractivity contribution in [3.63, 3.8) is 0 Å². The van der Waals surface area contributed by atoms with Crippen molar-refractivity contribution in [2.45, 2.75) is 44.3 Å². The SMILES string of the molecule is O=C(CCCO)Nc1ccc(-c2nc(N3C4CCC3COC4)c3cnn(CCF)c3n2)cc1. The normalized spacial score (nSPS) is 19.9. The number of amides is 1. The van der Waals surface area contributed by atoms with Gasteiger partial charge in [-0.15, -0.1) is 0 Å². The van der Waals surface area contributed by atoms with Crippen LogP contribution in [0.4, 0.5) is 15.9 Å². The van der Waals surface area contributed by atoms with Crippen molar-refractivity contribution < 1.29 is 19.0 Å². The summed E-state index contributed by atoms with van der Waals surface area (Å²) in [4.78, 5) is 23.9. The average Bonchev–Trinajstić information content (AvgIpc) is 3.34. The van der Waals surface area contributed by atoms with Gasteiger partial charge in [0.15, 0.2) is 11.5 Å². The molecule has 3 aromatic rings. The first-order chi connectivity index (χ1) is 16.2. The number of fused-ring (bicyclic) bond motifs is 3. The molecule has 0 saturated carbocycles. The van der Waals surface area contributed by atoms with Crippen LogP contribution >= 0.6 is 0 Å². The topological polar surface area (TPSA) is 105 Å². The Morgan fingerprint density at radius 1 is 1.18 bits per heavy atom. The molecule has 4 heterocycles. The van der Waals surface area contributed by atoms with Crippen LogP contribution in [0.1, 0.15) is 25.7 Å². The Labute approximate surface area is 190 Å². The second-order valence-corrected chi connectivity index (χ2v) is 8.45.